The number of methoxy groups -OCH3 is 2. The number of imidazole rings is 1. The van der Waals surface area contributed by atoms with Crippen molar-refractivity contribution in [2.75, 3.05) is 27.3 Å². The van der Waals surface area contributed by atoms with Crippen LogP contribution in [0.4, 0.5) is 0 Å². The van der Waals surface area contributed by atoms with Gasteiger partial charge >= 0.3 is 0 Å². The smallest absolute Gasteiger partial charge is 0.267 e. The second-order valence-electron chi connectivity index (χ2n) is 8.13. The average Bonchev–Trinajstić information content (AvgIpc) is 3.30. The molecule has 0 radical (unpaired) electrons. The van der Waals surface area contributed by atoms with Crippen LogP contribution in [0.5, 0.6) is 5.75 Å². The number of aromatic amines is 1. The van der Waals surface area contributed by atoms with E-state index in [-0.39, 0.29) is 11.8 Å². The number of likely N-dealkylation sites (tertiary alicyclic amines) is 1. The predicted octanol–water partition coefficient (Wildman–Crippen LogP) is 3.35. The third-order valence-corrected chi connectivity index (χ3v) is 6.01. The van der Waals surface area contributed by atoms with Gasteiger partial charge in [-0.15, -0.1) is 0 Å². The maximum absolute atomic E-state index is 12.9. The largest absolute Gasteiger partial charge is 0.497 e. The van der Waals surface area contributed by atoms with Gasteiger partial charge in [0.2, 0.25) is 0 Å². The van der Waals surface area contributed by atoms with Crippen molar-refractivity contribution in [3.63, 3.8) is 0 Å². The topological polar surface area (TPSA) is 111 Å². The Kier molecular flexibility index (Phi) is 6.74. The quantitative estimate of drug-likeness (QED) is 0.576. The minimum absolute atomic E-state index is 0.0219. The van der Waals surface area contributed by atoms with Gasteiger partial charge in [-0.05, 0) is 54.8 Å². The van der Waals surface area contributed by atoms with Crippen LogP contribution in [0.15, 0.2) is 48.5 Å². The van der Waals surface area contributed by atoms with Crippen molar-refractivity contribution in [1.82, 2.24) is 14.9 Å². The van der Waals surface area contributed by atoms with Crippen molar-refractivity contribution in [1.29, 1.82) is 0 Å². The third kappa shape index (κ3) is 4.90. The predicted molar refractivity (Wildman–Crippen MR) is 124 cm³/mol. The van der Waals surface area contributed by atoms with Crippen molar-refractivity contribution in [2.45, 2.75) is 25.4 Å². The molecule has 1 aliphatic rings. The van der Waals surface area contributed by atoms with Crippen LogP contribution in [0.3, 0.4) is 0 Å². The zero-order valence-corrected chi connectivity index (χ0v) is 18.8. The number of carbonyl (C=O) groups excluding carboxylic acids is 2. The molecule has 1 aromatic heterocycles. The summed E-state index contributed by atoms with van der Waals surface area (Å²) >= 11 is 0. The number of piperidine rings is 1. The number of ether oxygens (including phenoxy) is 2. The van der Waals surface area contributed by atoms with E-state index in [9.17, 15) is 9.59 Å². The Morgan fingerprint density at radius 2 is 1.73 bits per heavy atom. The molecule has 33 heavy (non-hydrogen) atoms. The zero-order chi connectivity index (χ0) is 23.4. The number of H-pyrrole nitrogens is 1. The Morgan fingerprint density at radius 3 is 2.30 bits per heavy atom. The number of nitrogens with zero attached hydrogens (tertiary/aromatic N) is 2. The van der Waals surface area contributed by atoms with Gasteiger partial charge in [-0.1, -0.05) is 12.1 Å². The first-order valence-electron chi connectivity index (χ1n) is 10.9. The van der Waals surface area contributed by atoms with E-state index in [0.717, 1.165) is 35.5 Å². The van der Waals surface area contributed by atoms with Crippen molar-refractivity contribution < 1.29 is 19.1 Å². The normalized spacial score (nSPS) is 14.3. The van der Waals surface area contributed by atoms with Crippen LogP contribution in [-0.4, -0.2) is 54.0 Å². The van der Waals surface area contributed by atoms with E-state index in [0.29, 0.717) is 36.6 Å². The number of rotatable bonds is 7. The van der Waals surface area contributed by atoms with Crippen molar-refractivity contribution >= 4 is 11.8 Å². The molecule has 3 N–H and O–H groups in total. The Labute approximate surface area is 192 Å². The maximum atomic E-state index is 12.9. The van der Waals surface area contributed by atoms with E-state index in [1.165, 1.54) is 0 Å². The summed E-state index contributed by atoms with van der Waals surface area (Å²) in [7, 11) is 3.25. The lowest BCUT2D eigenvalue weighted by Crippen LogP contribution is -2.38. The Bertz CT molecular complexity index is 1110. The monoisotopic (exact) mass is 448 g/mol. The molecule has 0 unspecified atom stereocenters. The molecule has 0 bridgehead atoms. The summed E-state index contributed by atoms with van der Waals surface area (Å²) < 4.78 is 10.3. The Hall–Kier alpha value is -3.65. The van der Waals surface area contributed by atoms with Crippen LogP contribution in [0.25, 0.3) is 11.3 Å². The molecule has 2 heterocycles. The second-order valence-corrected chi connectivity index (χ2v) is 8.13. The van der Waals surface area contributed by atoms with Crippen LogP contribution in [0, 0.1) is 0 Å². The number of nitrogens with one attached hydrogen (secondary N) is 1. The minimum Gasteiger partial charge on any atom is -0.497 e. The molecule has 172 valence electrons. The van der Waals surface area contributed by atoms with Crippen LogP contribution in [0.1, 0.15) is 51.0 Å². The summed E-state index contributed by atoms with van der Waals surface area (Å²) in [6.45, 7) is 1.76. The lowest BCUT2D eigenvalue weighted by Gasteiger charge is -2.31. The number of carbonyl (C=O) groups is 2. The number of nitrogens with two attached hydrogens (primary N) is 1. The van der Waals surface area contributed by atoms with E-state index in [2.05, 4.69) is 4.98 Å². The fourth-order valence-corrected chi connectivity index (χ4v) is 4.17. The molecule has 0 aliphatic carbocycles. The third-order valence-electron chi connectivity index (χ3n) is 6.01. The minimum atomic E-state index is -0.552. The van der Waals surface area contributed by atoms with E-state index < -0.39 is 5.91 Å². The molecule has 3 aromatic rings. The number of benzene rings is 2. The van der Waals surface area contributed by atoms with Gasteiger partial charge in [-0.2, -0.15) is 0 Å². The summed E-state index contributed by atoms with van der Waals surface area (Å²) in [5, 5.41) is 0. The van der Waals surface area contributed by atoms with Crippen LogP contribution in [0.2, 0.25) is 0 Å². The number of amides is 2. The molecule has 1 saturated heterocycles. The van der Waals surface area contributed by atoms with Gasteiger partial charge in [-0.3, -0.25) is 9.59 Å². The Morgan fingerprint density at radius 1 is 1.06 bits per heavy atom. The molecule has 8 heteroatoms. The highest BCUT2D eigenvalue weighted by Crippen LogP contribution is 2.31. The average molecular weight is 449 g/mol. The van der Waals surface area contributed by atoms with Crippen LogP contribution in [-0.2, 0) is 11.3 Å². The molecule has 2 amide bonds. The molecule has 2 aromatic carbocycles. The molecule has 4 rings (SSSR count). The summed E-state index contributed by atoms with van der Waals surface area (Å²) in [5.74, 6) is 1.03. The fourth-order valence-electron chi connectivity index (χ4n) is 4.17. The lowest BCUT2D eigenvalue weighted by atomic mass is 9.95. The molecule has 1 fully saturated rings. The molecule has 0 spiro atoms. The van der Waals surface area contributed by atoms with Gasteiger partial charge in [0.05, 0.1) is 13.7 Å². The molecular formula is C25H28N4O4. The highest BCUT2D eigenvalue weighted by Gasteiger charge is 2.28. The Balaban J connectivity index is 1.46. The lowest BCUT2D eigenvalue weighted by molar-refractivity contribution is 0.0711. The molecule has 1 aliphatic heterocycles. The summed E-state index contributed by atoms with van der Waals surface area (Å²) in [4.78, 5) is 34.7. The highest BCUT2D eigenvalue weighted by atomic mass is 16.5. The highest BCUT2D eigenvalue weighted by molar-refractivity contribution is 5.97. The summed E-state index contributed by atoms with van der Waals surface area (Å²) in [5.41, 5.74) is 8.93. The number of primary amides is 1. The maximum Gasteiger partial charge on any atom is 0.267 e. The van der Waals surface area contributed by atoms with Crippen molar-refractivity contribution in [2.24, 2.45) is 5.73 Å². The standard InChI is InChI=1S/C25H28N4O4/c1-32-15-16-3-5-19(6-4-16)25(31)29-13-11-18(12-14-29)24-27-21(22(28-24)23(26)30)17-7-9-20(33-2)10-8-17/h3-10,18H,11-15H2,1-2H3,(H2,26,30)(H,27,28). The number of hydrogen-bond donors (Lipinski definition) is 2. The van der Waals surface area contributed by atoms with Crippen LogP contribution >= 0.6 is 0 Å². The van der Waals surface area contributed by atoms with Gasteiger partial charge in [0.25, 0.3) is 11.8 Å². The molecule has 0 saturated carbocycles. The van der Waals surface area contributed by atoms with Crippen molar-refractivity contribution in [3.05, 3.63) is 71.2 Å². The fraction of sp³-hybridized carbons (Fsp3) is 0.320. The summed E-state index contributed by atoms with van der Waals surface area (Å²) in [6, 6.07) is 14.9. The van der Waals surface area contributed by atoms with Gasteiger partial charge < -0.3 is 25.1 Å². The molecule has 0 atom stereocenters. The van der Waals surface area contributed by atoms with E-state index in [1.54, 1.807) is 14.2 Å². The molecular weight excluding hydrogens is 420 g/mol. The summed E-state index contributed by atoms with van der Waals surface area (Å²) in [6.07, 6.45) is 1.50. The zero-order valence-electron chi connectivity index (χ0n) is 18.8. The van der Waals surface area contributed by atoms with Crippen molar-refractivity contribution in [3.8, 4) is 17.0 Å². The van der Waals surface area contributed by atoms with Crippen LogP contribution < -0.4 is 10.5 Å². The van der Waals surface area contributed by atoms with E-state index in [4.69, 9.17) is 20.2 Å². The van der Waals surface area contributed by atoms with Gasteiger partial charge in [0.15, 0.2) is 0 Å². The van der Waals surface area contributed by atoms with Gasteiger partial charge in [0.1, 0.15) is 23.0 Å². The first-order valence-corrected chi connectivity index (χ1v) is 10.9. The number of hydrogen-bond acceptors (Lipinski definition) is 5. The SMILES string of the molecule is COCc1ccc(C(=O)N2CCC(c3nc(-c4ccc(OC)cc4)c(C(N)=O)[nH]3)CC2)cc1. The van der Waals surface area contributed by atoms with Gasteiger partial charge in [0, 0.05) is 37.2 Å². The first kappa shape index (κ1) is 22.5. The number of aromatic nitrogens is 2. The second kappa shape index (κ2) is 9.87. The van der Waals surface area contributed by atoms with E-state index in [1.807, 2.05) is 53.4 Å². The van der Waals surface area contributed by atoms with E-state index >= 15 is 0 Å². The van der Waals surface area contributed by atoms with Gasteiger partial charge in [-0.25, -0.2) is 4.98 Å². The first-order chi connectivity index (χ1) is 16.0. The molecule has 8 nitrogen and oxygen atoms in total.